The average molecular weight is 545 g/mol. The number of hydrogen-bond acceptors (Lipinski definition) is 8. The highest BCUT2D eigenvalue weighted by Gasteiger charge is 2.24. The first kappa shape index (κ1) is 27.2. The smallest absolute Gasteiger partial charge is 0.251 e. The van der Waals surface area contributed by atoms with Crippen molar-refractivity contribution in [3.05, 3.63) is 65.6 Å². The van der Waals surface area contributed by atoms with Crippen LogP contribution in [0.1, 0.15) is 42.6 Å². The van der Waals surface area contributed by atoms with Gasteiger partial charge in [0.15, 0.2) is 11.6 Å². The highest BCUT2D eigenvalue weighted by atomic mass is 19.1. The normalized spacial score (nSPS) is 13.0. The van der Waals surface area contributed by atoms with Crippen LogP contribution in [0.25, 0.3) is 28.2 Å². The topological polar surface area (TPSA) is 124 Å². The second kappa shape index (κ2) is 11.8. The number of pyridine rings is 1. The van der Waals surface area contributed by atoms with Crippen molar-refractivity contribution in [2.45, 2.75) is 39.7 Å². The molecule has 0 spiro atoms. The van der Waals surface area contributed by atoms with E-state index in [1.165, 1.54) is 4.68 Å². The Balaban J connectivity index is 1.39. The molecule has 2 heterocycles. The van der Waals surface area contributed by atoms with E-state index in [4.69, 9.17) is 10.5 Å². The zero-order valence-corrected chi connectivity index (χ0v) is 22.9. The third kappa shape index (κ3) is 5.79. The summed E-state index contributed by atoms with van der Waals surface area (Å²) in [6.45, 7) is 8.92. The number of aromatic nitrogens is 5. The SMILES string of the molecule is CCN(CC)CCOc1ccc(-n2nnnc2-c2cc(-c3ccc(C(=O)NC4CC4)cc3)cnc2N)c(F)c1C. The van der Waals surface area contributed by atoms with Crippen LogP contribution in [0.2, 0.25) is 0 Å². The Labute approximate surface area is 232 Å². The minimum absolute atomic E-state index is 0.0815. The quantitative estimate of drug-likeness (QED) is 0.290. The molecule has 0 radical (unpaired) electrons. The van der Waals surface area contributed by atoms with Crippen LogP contribution in [0.3, 0.4) is 0 Å². The van der Waals surface area contributed by atoms with Crippen LogP contribution in [-0.2, 0) is 0 Å². The summed E-state index contributed by atoms with van der Waals surface area (Å²) in [4.78, 5) is 18.9. The number of tetrazole rings is 1. The Morgan fingerprint density at radius 3 is 2.60 bits per heavy atom. The van der Waals surface area contributed by atoms with Crippen molar-refractivity contribution in [3.8, 4) is 34.0 Å². The number of anilines is 1. The van der Waals surface area contributed by atoms with Gasteiger partial charge in [0.05, 0.1) is 5.56 Å². The highest BCUT2D eigenvalue weighted by molar-refractivity contribution is 5.95. The molecule has 5 rings (SSSR count). The Bertz CT molecular complexity index is 1500. The van der Waals surface area contributed by atoms with E-state index in [2.05, 4.69) is 44.6 Å². The molecule has 40 heavy (non-hydrogen) atoms. The molecular formula is C29H33FN8O2. The molecule has 1 aliphatic carbocycles. The molecule has 10 nitrogen and oxygen atoms in total. The number of hydrogen-bond donors (Lipinski definition) is 2. The Hall–Kier alpha value is -4.38. The van der Waals surface area contributed by atoms with Crippen molar-refractivity contribution in [1.82, 2.24) is 35.4 Å². The molecule has 1 fully saturated rings. The van der Waals surface area contributed by atoms with Crippen LogP contribution in [0.5, 0.6) is 5.75 Å². The van der Waals surface area contributed by atoms with Gasteiger partial charge in [-0.05, 0) is 79.2 Å². The summed E-state index contributed by atoms with van der Waals surface area (Å²) in [5.41, 5.74) is 9.40. The second-order valence-corrected chi connectivity index (χ2v) is 9.79. The van der Waals surface area contributed by atoms with Gasteiger partial charge < -0.3 is 20.7 Å². The van der Waals surface area contributed by atoms with Crippen molar-refractivity contribution in [3.63, 3.8) is 0 Å². The van der Waals surface area contributed by atoms with E-state index in [-0.39, 0.29) is 29.3 Å². The molecule has 2 aromatic carbocycles. The van der Waals surface area contributed by atoms with Gasteiger partial charge in [-0.1, -0.05) is 26.0 Å². The fraction of sp³-hybridized carbons (Fsp3) is 0.345. The van der Waals surface area contributed by atoms with Crippen molar-refractivity contribution in [2.24, 2.45) is 0 Å². The zero-order chi connectivity index (χ0) is 28.2. The molecule has 3 N–H and O–H groups in total. The number of nitrogens with one attached hydrogen (secondary N) is 1. The Morgan fingerprint density at radius 1 is 1.15 bits per heavy atom. The molecule has 208 valence electrons. The van der Waals surface area contributed by atoms with Crippen molar-refractivity contribution < 1.29 is 13.9 Å². The van der Waals surface area contributed by atoms with Crippen LogP contribution < -0.4 is 15.8 Å². The molecule has 0 aliphatic heterocycles. The fourth-order valence-electron chi connectivity index (χ4n) is 4.44. The monoisotopic (exact) mass is 544 g/mol. The first-order chi connectivity index (χ1) is 19.4. The molecule has 1 aliphatic rings. The Kier molecular flexibility index (Phi) is 8.01. The predicted molar refractivity (Wildman–Crippen MR) is 151 cm³/mol. The number of amides is 1. The number of nitrogen functional groups attached to an aromatic ring is 1. The molecular weight excluding hydrogens is 511 g/mol. The number of likely N-dealkylation sites (N-methyl/N-ethyl adjacent to an activating group) is 1. The van der Waals surface area contributed by atoms with Crippen molar-refractivity contribution >= 4 is 11.7 Å². The van der Waals surface area contributed by atoms with Crippen LogP contribution >= 0.6 is 0 Å². The molecule has 0 saturated heterocycles. The fourth-order valence-corrected chi connectivity index (χ4v) is 4.44. The summed E-state index contributed by atoms with van der Waals surface area (Å²) in [5, 5.41) is 15.0. The summed E-state index contributed by atoms with van der Waals surface area (Å²) >= 11 is 0. The Morgan fingerprint density at radius 2 is 1.90 bits per heavy atom. The van der Waals surface area contributed by atoms with E-state index < -0.39 is 5.82 Å². The number of halogens is 1. The number of nitrogens with zero attached hydrogens (tertiary/aromatic N) is 6. The summed E-state index contributed by atoms with van der Waals surface area (Å²) < 4.78 is 22.8. The summed E-state index contributed by atoms with van der Waals surface area (Å²) in [6, 6.07) is 12.7. The minimum atomic E-state index is -0.489. The lowest BCUT2D eigenvalue weighted by atomic mass is 10.0. The van der Waals surface area contributed by atoms with Crippen LogP contribution in [0.15, 0.2) is 48.7 Å². The number of ether oxygens (including phenoxy) is 1. The van der Waals surface area contributed by atoms with E-state index in [0.29, 0.717) is 29.0 Å². The largest absolute Gasteiger partial charge is 0.492 e. The number of benzene rings is 2. The molecule has 1 amide bonds. The number of carbonyl (C=O) groups excluding carboxylic acids is 1. The van der Waals surface area contributed by atoms with E-state index >= 15 is 4.39 Å². The van der Waals surface area contributed by atoms with Crippen LogP contribution in [0, 0.1) is 12.7 Å². The van der Waals surface area contributed by atoms with E-state index in [1.807, 2.05) is 12.1 Å². The molecule has 0 bridgehead atoms. The summed E-state index contributed by atoms with van der Waals surface area (Å²) in [7, 11) is 0. The van der Waals surface area contributed by atoms with Gasteiger partial charge in [0.1, 0.15) is 23.9 Å². The number of nitrogens with two attached hydrogens (primary N) is 1. The van der Waals surface area contributed by atoms with Gasteiger partial charge in [0.25, 0.3) is 5.91 Å². The number of carbonyl (C=O) groups is 1. The maximum atomic E-state index is 15.6. The van der Waals surface area contributed by atoms with Gasteiger partial charge in [-0.15, -0.1) is 5.10 Å². The molecule has 0 atom stereocenters. The predicted octanol–water partition coefficient (Wildman–Crippen LogP) is 4.03. The third-order valence-electron chi connectivity index (χ3n) is 7.13. The van der Waals surface area contributed by atoms with Gasteiger partial charge in [-0.2, -0.15) is 4.68 Å². The van der Waals surface area contributed by atoms with Gasteiger partial charge in [-0.25, -0.2) is 9.37 Å². The lowest BCUT2D eigenvalue weighted by Gasteiger charge is -2.19. The van der Waals surface area contributed by atoms with Gasteiger partial charge in [0, 0.05) is 35.5 Å². The maximum absolute atomic E-state index is 15.6. The van der Waals surface area contributed by atoms with Gasteiger partial charge in [0.2, 0.25) is 0 Å². The molecule has 2 aromatic heterocycles. The summed E-state index contributed by atoms with van der Waals surface area (Å²) in [6.07, 6.45) is 3.70. The van der Waals surface area contributed by atoms with Crippen molar-refractivity contribution in [2.75, 3.05) is 32.0 Å². The first-order valence-electron chi connectivity index (χ1n) is 13.5. The van der Waals surface area contributed by atoms with E-state index in [9.17, 15) is 4.79 Å². The van der Waals surface area contributed by atoms with E-state index in [1.54, 1.807) is 43.5 Å². The highest BCUT2D eigenvalue weighted by Crippen LogP contribution is 2.32. The average Bonchev–Trinajstić information content (AvgIpc) is 3.66. The molecule has 0 unspecified atom stereocenters. The maximum Gasteiger partial charge on any atom is 0.251 e. The summed E-state index contributed by atoms with van der Waals surface area (Å²) in [5.74, 6) is 0.355. The van der Waals surface area contributed by atoms with Gasteiger partial charge in [-0.3, -0.25) is 4.79 Å². The molecule has 1 saturated carbocycles. The van der Waals surface area contributed by atoms with E-state index in [0.717, 1.165) is 43.6 Å². The molecule has 11 heteroatoms. The van der Waals surface area contributed by atoms with Gasteiger partial charge >= 0.3 is 0 Å². The van der Waals surface area contributed by atoms with Crippen LogP contribution in [-0.4, -0.2) is 68.3 Å². The lowest BCUT2D eigenvalue weighted by Crippen LogP contribution is -2.28. The second-order valence-electron chi connectivity index (χ2n) is 9.79. The first-order valence-corrected chi connectivity index (χ1v) is 13.5. The molecule has 4 aromatic rings. The van der Waals surface area contributed by atoms with Crippen molar-refractivity contribution in [1.29, 1.82) is 0 Å². The minimum Gasteiger partial charge on any atom is -0.492 e. The van der Waals surface area contributed by atoms with Crippen LogP contribution in [0.4, 0.5) is 10.2 Å². The number of rotatable bonds is 11. The lowest BCUT2D eigenvalue weighted by molar-refractivity contribution is 0.0951. The standard InChI is InChI=1S/C29H33FN8O2/c1-4-37(5-2)14-15-40-25-13-12-24(26(30)18(25)3)38-28(34-35-36-38)23-16-21(17-32-27(23)31)19-6-8-20(9-7-19)29(39)33-22-10-11-22/h6-9,12-13,16-17,22H,4-5,10-11,14-15H2,1-3H3,(H2,31,32)(H,33,39). The third-order valence-corrected chi connectivity index (χ3v) is 7.13. The zero-order valence-electron chi connectivity index (χ0n) is 22.9.